The van der Waals surface area contributed by atoms with Gasteiger partial charge in [0.2, 0.25) is 0 Å². The Hall–Kier alpha value is -2.89. The molecule has 0 amide bonds. The molecule has 2 aromatic carbocycles. The van der Waals surface area contributed by atoms with Gasteiger partial charge in [0.1, 0.15) is 11.5 Å². The van der Waals surface area contributed by atoms with E-state index in [9.17, 15) is 4.79 Å². The van der Waals surface area contributed by atoms with Crippen LogP contribution in [0, 0.1) is 0 Å². The largest absolute Gasteiger partial charge is 0.497 e. The van der Waals surface area contributed by atoms with Crippen molar-refractivity contribution < 1.29 is 23.7 Å². The molecule has 1 aliphatic rings. The van der Waals surface area contributed by atoms with E-state index >= 15 is 0 Å². The second-order valence-electron chi connectivity index (χ2n) is 7.84. The lowest BCUT2D eigenvalue weighted by atomic mass is 10.0. The Morgan fingerprint density at radius 2 is 1.69 bits per heavy atom. The molecule has 3 atom stereocenters. The molecule has 5 heteroatoms. The monoisotopic (exact) mass is 436 g/mol. The number of benzene rings is 2. The van der Waals surface area contributed by atoms with Crippen LogP contribution in [-0.4, -0.2) is 31.7 Å². The third-order valence-corrected chi connectivity index (χ3v) is 5.41. The Morgan fingerprint density at radius 1 is 1.00 bits per heavy atom. The summed E-state index contributed by atoms with van der Waals surface area (Å²) in [6.45, 7) is 4.44. The van der Waals surface area contributed by atoms with E-state index in [0.29, 0.717) is 25.9 Å². The zero-order valence-corrected chi connectivity index (χ0v) is 19.0. The van der Waals surface area contributed by atoms with Crippen LogP contribution in [-0.2, 0) is 14.3 Å². The summed E-state index contributed by atoms with van der Waals surface area (Å²) in [6, 6.07) is 17.4. The van der Waals surface area contributed by atoms with Crippen LogP contribution in [0.25, 0.3) is 0 Å². The van der Waals surface area contributed by atoms with Gasteiger partial charge >= 0.3 is 0 Å². The van der Waals surface area contributed by atoms with E-state index in [0.717, 1.165) is 22.6 Å². The van der Waals surface area contributed by atoms with Gasteiger partial charge in [0.15, 0.2) is 12.1 Å². The zero-order valence-electron chi connectivity index (χ0n) is 19.0. The van der Waals surface area contributed by atoms with Crippen molar-refractivity contribution in [1.82, 2.24) is 0 Å². The number of carbonyl (C=O) groups excluding carboxylic acids is 1. The molecule has 0 saturated carbocycles. The standard InChI is InChI=1S/C27H32O5/c1-4-20(2)10-11-22(28)18-26-19-25(31-27(32-26)21-8-6-5-7-9-21)16-17-30-24-14-12-23(29-3)13-15-24/h4-15,25-27H,16-19H2,1-3H3/b11-10+,20-4+/t25-,26+,27-/m1/s1. The van der Waals surface area contributed by atoms with Gasteiger partial charge in [-0.2, -0.15) is 0 Å². The van der Waals surface area contributed by atoms with Crippen LogP contribution in [0.1, 0.15) is 45.0 Å². The fourth-order valence-electron chi connectivity index (χ4n) is 3.46. The summed E-state index contributed by atoms with van der Waals surface area (Å²) in [6.07, 6.45) is 6.37. The molecule has 32 heavy (non-hydrogen) atoms. The molecule has 2 aromatic rings. The van der Waals surface area contributed by atoms with Crippen molar-refractivity contribution in [2.45, 2.75) is 51.6 Å². The highest BCUT2D eigenvalue weighted by Crippen LogP contribution is 2.32. The number of ketones is 1. The highest BCUT2D eigenvalue weighted by atomic mass is 16.7. The number of ether oxygens (including phenoxy) is 4. The maximum Gasteiger partial charge on any atom is 0.184 e. The molecule has 170 valence electrons. The van der Waals surface area contributed by atoms with Crippen LogP contribution in [0.2, 0.25) is 0 Å². The highest BCUT2D eigenvalue weighted by molar-refractivity contribution is 5.90. The summed E-state index contributed by atoms with van der Waals surface area (Å²) in [7, 11) is 1.64. The highest BCUT2D eigenvalue weighted by Gasteiger charge is 2.31. The molecular weight excluding hydrogens is 404 g/mol. The van der Waals surface area contributed by atoms with Gasteiger partial charge in [0, 0.05) is 24.8 Å². The predicted octanol–water partition coefficient (Wildman–Crippen LogP) is 5.82. The van der Waals surface area contributed by atoms with E-state index in [-0.39, 0.29) is 18.0 Å². The number of methoxy groups -OCH3 is 1. The maximum atomic E-state index is 12.5. The van der Waals surface area contributed by atoms with E-state index in [1.165, 1.54) is 0 Å². The molecule has 0 unspecified atom stereocenters. The summed E-state index contributed by atoms with van der Waals surface area (Å²) < 4.78 is 23.4. The van der Waals surface area contributed by atoms with Gasteiger partial charge < -0.3 is 18.9 Å². The molecule has 1 fully saturated rings. The first-order valence-electron chi connectivity index (χ1n) is 11.0. The fraction of sp³-hybridized carbons (Fsp3) is 0.370. The summed E-state index contributed by atoms with van der Waals surface area (Å²) in [5.74, 6) is 1.63. The minimum atomic E-state index is -0.491. The summed E-state index contributed by atoms with van der Waals surface area (Å²) in [5, 5.41) is 0. The number of rotatable bonds is 10. The first-order valence-corrected chi connectivity index (χ1v) is 11.0. The van der Waals surface area contributed by atoms with Gasteiger partial charge in [-0.05, 0) is 44.2 Å². The van der Waals surface area contributed by atoms with E-state index in [1.807, 2.05) is 80.6 Å². The Bertz CT molecular complexity index is 901. The van der Waals surface area contributed by atoms with Crippen molar-refractivity contribution in [3.8, 4) is 11.5 Å². The summed E-state index contributed by atoms with van der Waals surface area (Å²) >= 11 is 0. The van der Waals surface area contributed by atoms with Crippen LogP contribution in [0.5, 0.6) is 11.5 Å². The molecule has 0 aliphatic carbocycles. The quantitative estimate of drug-likeness (QED) is 0.347. The molecule has 1 heterocycles. The first-order chi connectivity index (χ1) is 15.6. The van der Waals surface area contributed by atoms with Crippen LogP contribution >= 0.6 is 0 Å². The minimum Gasteiger partial charge on any atom is -0.497 e. The smallest absolute Gasteiger partial charge is 0.184 e. The van der Waals surface area contributed by atoms with Gasteiger partial charge in [-0.15, -0.1) is 0 Å². The van der Waals surface area contributed by atoms with Gasteiger partial charge in [-0.1, -0.05) is 48.1 Å². The number of hydrogen-bond acceptors (Lipinski definition) is 5. The second-order valence-corrected chi connectivity index (χ2v) is 7.84. The summed E-state index contributed by atoms with van der Waals surface area (Å²) in [5.41, 5.74) is 2.01. The van der Waals surface area contributed by atoms with Crippen LogP contribution in [0.15, 0.2) is 78.4 Å². The van der Waals surface area contributed by atoms with Crippen molar-refractivity contribution in [2.24, 2.45) is 0 Å². The lowest BCUT2D eigenvalue weighted by Crippen LogP contribution is -2.35. The normalized spacial score (nSPS) is 21.5. The van der Waals surface area contributed by atoms with Gasteiger partial charge in [0.05, 0.1) is 25.9 Å². The molecule has 5 nitrogen and oxygen atoms in total. The molecule has 1 aliphatic heterocycles. The number of hydrogen-bond donors (Lipinski definition) is 0. The van der Waals surface area contributed by atoms with Crippen molar-refractivity contribution >= 4 is 5.78 Å². The van der Waals surface area contributed by atoms with E-state index in [2.05, 4.69) is 0 Å². The lowest BCUT2D eigenvalue weighted by molar-refractivity contribution is -0.249. The predicted molar refractivity (Wildman–Crippen MR) is 125 cm³/mol. The lowest BCUT2D eigenvalue weighted by Gasteiger charge is -2.35. The third kappa shape index (κ3) is 7.36. The Labute approximate surface area is 190 Å². The van der Waals surface area contributed by atoms with Crippen LogP contribution < -0.4 is 9.47 Å². The number of carbonyl (C=O) groups is 1. The SMILES string of the molecule is C/C=C(C)/C=C/C(=O)C[C@H]1C[C@@H](CCOc2ccc(OC)cc2)O[C@@H](c2ccccc2)O1. The Kier molecular flexibility index (Phi) is 9.08. The molecule has 0 radical (unpaired) electrons. The minimum absolute atomic E-state index is 0.0538. The van der Waals surface area contributed by atoms with E-state index < -0.39 is 6.29 Å². The van der Waals surface area contributed by atoms with Crippen molar-refractivity contribution in [3.63, 3.8) is 0 Å². The fourth-order valence-corrected chi connectivity index (χ4v) is 3.46. The Morgan fingerprint density at radius 3 is 2.38 bits per heavy atom. The average Bonchev–Trinajstić information content (AvgIpc) is 2.83. The van der Waals surface area contributed by atoms with E-state index in [1.54, 1.807) is 13.2 Å². The van der Waals surface area contributed by atoms with Crippen molar-refractivity contribution in [2.75, 3.05) is 13.7 Å². The first kappa shape index (κ1) is 23.8. The average molecular weight is 437 g/mol. The zero-order chi connectivity index (χ0) is 22.8. The Balaban J connectivity index is 1.60. The third-order valence-electron chi connectivity index (χ3n) is 5.41. The van der Waals surface area contributed by atoms with Gasteiger partial charge in [0.25, 0.3) is 0 Å². The molecule has 3 rings (SSSR count). The molecule has 0 spiro atoms. The van der Waals surface area contributed by atoms with Crippen LogP contribution in [0.3, 0.4) is 0 Å². The van der Waals surface area contributed by atoms with E-state index in [4.69, 9.17) is 18.9 Å². The number of allylic oxidation sites excluding steroid dienone is 4. The molecule has 1 saturated heterocycles. The van der Waals surface area contributed by atoms with Crippen molar-refractivity contribution in [3.05, 3.63) is 84.0 Å². The summed E-state index contributed by atoms with van der Waals surface area (Å²) in [4.78, 5) is 12.5. The topological polar surface area (TPSA) is 54.0 Å². The van der Waals surface area contributed by atoms with Gasteiger partial charge in [-0.3, -0.25) is 4.79 Å². The van der Waals surface area contributed by atoms with Crippen LogP contribution in [0.4, 0.5) is 0 Å². The van der Waals surface area contributed by atoms with Crippen molar-refractivity contribution in [1.29, 1.82) is 0 Å². The molecular formula is C27H32O5. The second kappa shape index (κ2) is 12.2. The molecule has 0 aromatic heterocycles. The molecule has 0 bridgehead atoms. The van der Waals surface area contributed by atoms with Gasteiger partial charge in [-0.25, -0.2) is 0 Å². The maximum absolute atomic E-state index is 12.5. The molecule has 0 N–H and O–H groups in total.